The number of hydrogen-bond acceptors (Lipinski definition) is 8. The van der Waals surface area contributed by atoms with Gasteiger partial charge in [-0.05, 0) is 36.2 Å². The lowest BCUT2D eigenvalue weighted by Gasteiger charge is -2.14. The van der Waals surface area contributed by atoms with Crippen molar-refractivity contribution in [1.29, 1.82) is 5.26 Å². The minimum Gasteiger partial charge on any atom is -0.493 e. The third-order valence-electron chi connectivity index (χ3n) is 4.25. The predicted octanol–water partition coefficient (Wildman–Crippen LogP) is 4.70. The molecule has 0 saturated heterocycles. The van der Waals surface area contributed by atoms with Gasteiger partial charge < -0.3 is 9.47 Å². The molecule has 1 N–H and O–H groups in total. The van der Waals surface area contributed by atoms with Crippen molar-refractivity contribution >= 4 is 34.1 Å². The Kier molecular flexibility index (Phi) is 7.65. The first-order valence-corrected chi connectivity index (χ1v) is 11.0. The summed E-state index contributed by atoms with van der Waals surface area (Å²) in [5.41, 5.74) is 2.93. The van der Waals surface area contributed by atoms with E-state index in [1.54, 1.807) is 37.5 Å². The minimum atomic E-state index is -0.314. The number of ether oxygens (including phenoxy) is 2. The molecule has 0 bridgehead atoms. The smallest absolute Gasteiger partial charge is 0.257 e. The molecule has 3 rings (SSSR count). The third-order valence-corrected chi connectivity index (χ3v) is 6.30. The van der Waals surface area contributed by atoms with Gasteiger partial charge in [0.1, 0.15) is 0 Å². The summed E-state index contributed by atoms with van der Waals surface area (Å²) in [4.78, 5) is 12.8. The number of hydrogen-bond donors (Lipinski definition) is 1. The van der Waals surface area contributed by atoms with Crippen LogP contribution in [-0.4, -0.2) is 30.3 Å². The number of amides is 1. The van der Waals surface area contributed by atoms with Crippen LogP contribution in [0.25, 0.3) is 0 Å². The van der Waals surface area contributed by atoms with Crippen molar-refractivity contribution in [2.45, 2.75) is 16.5 Å². The van der Waals surface area contributed by atoms with Crippen LogP contribution in [0.4, 0.5) is 5.13 Å². The van der Waals surface area contributed by atoms with Gasteiger partial charge in [-0.2, -0.15) is 5.26 Å². The molecule has 0 unspecified atom stereocenters. The largest absolute Gasteiger partial charge is 0.493 e. The molecule has 0 aliphatic heterocycles. The van der Waals surface area contributed by atoms with E-state index in [9.17, 15) is 4.79 Å². The second-order valence-electron chi connectivity index (χ2n) is 6.29. The topological polar surface area (TPSA) is 97.1 Å². The van der Waals surface area contributed by atoms with Crippen LogP contribution in [0.15, 0.2) is 53.4 Å². The monoisotopic (exact) mass is 452 g/mol. The van der Waals surface area contributed by atoms with Crippen molar-refractivity contribution in [3.8, 4) is 17.6 Å². The summed E-state index contributed by atoms with van der Waals surface area (Å²) < 4.78 is 11.5. The molecule has 1 heterocycles. The third kappa shape index (κ3) is 5.63. The van der Waals surface area contributed by atoms with E-state index in [-0.39, 0.29) is 5.91 Å². The Balaban J connectivity index is 1.68. The normalized spacial score (nSPS) is 10.2. The fraction of sp³-hybridized carbons (Fsp3) is 0.182. The highest BCUT2D eigenvalue weighted by Crippen LogP contribution is 2.34. The summed E-state index contributed by atoms with van der Waals surface area (Å²) >= 11 is 2.81. The van der Waals surface area contributed by atoms with E-state index in [0.29, 0.717) is 39.9 Å². The molecule has 0 spiro atoms. The fourth-order valence-corrected chi connectivity index (χ4v) is 4.49. The van der Waals surface area contributed by atoms with Crippen molar-refractivity contribution in [1.82, 2.24) is 10.2 Å². The first-order valence-electron chi connectivity index (χ1n) is 9.20. The molecule has 2 aromatic carbocycles. The Morgan fingerprint density at radius 1 is 1.26 bits per heavy atom. The van der Waals surface area contributed by atoms with E-state index in [1.807, 2.05) is 12.1 Å². The Morgan fingerprint density at radius 2 is 2.03 bits per heavy atom. The van der Waals surface area contributed by atoms with Crippen molar-refractivity contribution in [3.63, 3.8) is 0 Å². The number of carbonyl (C=O) groups is 1. The maximum Gasteiger partial charge on any atom is 0.257 e. The van der Waals surface area contributed by atoms with Gasteiger partial charge in [-0.3, -0.25) is 10.1 Å². The summed E-state index contributed by atoms with van der Waals surface area (Å²) in [6, 6.07) is 12.9. The van der Waals surface area contributed by atoms with Gasteiger partial charge in [0.2, 0.25) is 5.13 Å². The Labute approximate surface area is 188 Å². The van der Waals surface area contributed by atoms with E-state index >= 15 is 0 Å². The van der Waals surface area contributed by atoms with Crippen LogP contribution < -0.4 is 14.8 Å². The van der Waals surface area contributed by atoms with Gasteiger partial charge in [0.05, 0.1) is 25.9 Å². The van der Waals surface area contributed by atoms with E-state index < -0.39 is 0 Å². The highest BCUT2D eigenvalue weighted by atomic mass is 32.2. The molecule has 0 radical (unpaired) electrons. The molecule has 1 aromatic heterocycles. The molecule has 1 amide bonds. The second-order valence-corrected chi connectivity index (χ2v) is 8.49. The quantitative estimate of drug-likeness (QED) is 0.285. The zero-order chi connectivity index (χ0) is 22.2. The number of allylic oxidation sites excluding steroid dienone is 1. The van der Waals surface area contributed by atoms with Gasteiger partial charge in [-0.15, -0.1) is 16.8 Å². The van der Waals surface area contributed by atoms with Crippen LogP contribution in [0, 0.1) is 11.3 Å². The van der Waals surface area contributed by atoms with Crippen molar-refractivity contribution in [2.75, 3.05) is 19.5 Å². The molecule has 0 atom stereocenters. The van der Waals surface area contributed by atoms with Crippen molar-refractivity contribution in [3.05, 3.63) is 71.3 Å². The van der Waals surface area contributed by atoms with Crippen LogP contribution in [-0.2, 0) is 12.2 Å². The van der Waals surface area contributed by atoms with Gasteiger partial charge in [0.25, 0.3) is 5.91 Å². The standard InChI is InChI=1S/C22H20N4O3S2/c1-4-5-16-10-17(11-18(28-2)19(16)29-3)20(27)24-21-25-26-22(31-21)30-13-15-8-6-14(12-23)7-9-15/h4,6-11H,1,5,13H2,2-3H3,(H,24,25,27). The summed E-state index contributed by atoms with van der Waals surface area (Å²) in [6.45, 7) is 3.75. The number of nitrogens with zero attached hydrogens (tertiary/aromatic N) is 3. The molecule has 0 aliphatic carbocycles. The van der Waals surface area contributed by atoms with E-state index in [1.165, 1.54) is 30.2 Å². The summed E-state index contributed by atoms with van der Waals surface area (Å²) in [7, 11) is 3.09. The van der Waals surface area contributed by atoms with Gasteiger partial charge >= 0.3 is 0 Å². The van der Waals surface area contributed by atoms with E-state index in [2.05, 4.69) is 28.2 Å². The zero-order valence-electron chi connectivity index (χ0n) is 17.0. The molecule has 31 heavy (non-hydrogen) atoms. The number of nitrogens with one attached hydrogen (secondary N) is 1. The Morgan fingerprint density at radius 3 is 2.68 bits per heavy atom. The number of thioether (sulfide) groups is 1. The maximum atomic E-state index is 12.8. The highest BCUT2D eigenvalue weighted by Gasteiger charge is 2.17. The molecule has 3 aromatic rings. The molecule has 9 heteroatoms. The van der Waals surface area contributed by atoms with E-state index in [0.717, 1.165) is 15.5 Å². The van der Waals surface area contributed by atoms with Gasteiger partial charge in [0.15, 0.2) is 15.8 Å². The molecular formula is C22H20N4O3S2. The lowest BCUT2D eigenvalue weighted by molar-refractivity contribution is 0.102. The van der Waals surface area contributed by atoms with Gasteiger partial charge in [-0.1, -0.05) is 41.3 Å². The van der Waals surface area contributed by atoms with Gasteiger partial charge in [0, 0.05) is 16.9 Å². The van der Waals surface area contributed by atoms with E-state index in [4.69, 9.17) is 14.7 Å². The number of nitriles is 1. The maximum absolute atomic E-state index is 12.8. The molecule has 0 aliphatic rings. The SMILES string of the molecule is C=CCc1cc(C(=O)Nc2nnc(SCc3ccc(C#N)cc3)s2)cc(OC)c1OC. The fourth-order valence-electron chi connectivity index (χ4n) is 2.79. The second kappa shape index (κ2) is 10.6. The molecule has 0 saturated carbocycles. The van der Waals surface area contributed by atoms with Crippen LogP contribution in [0.3, 0.4) is 0 Å². The average molecular weight is 453 g/mol. The number of benzene rings is 2. The van der Waals surface area contributed by atoms with Crippen LogP contribution in [0.5, 0.6) is 11.5 Å². The number of aromatic nitrogens is 2. The average Bonchev–Trinajstić information content (AvgIpc) is 3.24. The van der Waals surface area contributed by atoms with Crippen LogP contribution in [0.1, 0.15) is 27.0 Å². The first kappa shape index (κ1) is 22.3. The lowest BCUT2D eigenvalue weighted by atomic mass is 10.1. The lowest BCUT2D eigenvalue weighted by Crippen LogP contribution is -2.13. The Bertz CT molecular complexity index is 1120. The zero-order valence-corrected chi connectivity index (χ0v) is 18.7. The summed E-state index contributed by atoms with van der Waals surface area (Å²) in [5.74, 6) is 1.43. The highest BCUT2D eigenvalue weighted by molar-refractivity contribution is 8.00. The molecule has 0 fully saturated rings. The number of methoxy groups -OCH3 is 2. The summed E-state index contributed by atoms with van der Waals surface area (Å²) in [5, 5.41) is 20.2. The first-order chi connectivity index (χ1) is 15.1. The Hall–Kier alpha value is -3.35. The van der Waals surface area contributed by atoms with Crippen molar-refractivity contribution in [2.24, 2.45) is 0 Å². The van der Waals surface area contributed by atoms with Gasteiger partial charge in [-0.25, -0.2) is 0 Å². The number of rotatable bonds is 9. The predicted molar refractivity (Wildman–Crippen MR) is 122 cm³/mol. The molecule has 158 valence electrons. The number of carbonyl (C=O) groups excluding carboxylic acids is 1. The number of anilines is 1. The minimum absolute atomic E-state index is 0.314. The summed E-state index contributed by atoms with van der Waals surface area (Å²) in [6.07, 6.45) is 2.27. The van der Waals surface area contributed by atoms with Crippen LogP contribution >= 0.6 is 23.1 Å². The van der Waals surface area contributed by atoms with Crippen LogP contribution in [0.2, 0.25) is 0 Å². The van der Waals surface area contributed by atoms with Crippen molar-refractivity contribution < 1.29 is 14.3 Å². The molecular weight excluding hydrogens is 432 g/mol. The molecule has 7 nitrogen and oxygen atoms in total.